The van der Waals surface area contributed by atoms with Gasteiger partial charge >= 0.3 is 0 Å². The minimum atomic E-state index is 0.922. The van der Waals surface area contributed by atoms with Crippen molar-refractivity contribution in [2.75, 3.05) is 0 Å². The number of rotatable bonds is 0. The zero-order valence-electron chi connectivity index (χ0n) is 11.3. The summed E-state index contributed by atoms with van der Waals surface area (Å²) in [7, 11) is 2.05. The molecule has 5 heterocycles. The maximum absolute atomic E-state index is 4.46. The quantitative estimate of drug-likeness (QED) is 0.464. The van der Waals surface area contributed by atoms with Crippen LogP contribution in [0, 0.1) is 0 Å². The SMILES string of the molecule is Cn1c2cnccc2c2nnc3c(c21)[NH2+]c1cnccc1-3. The van der Waals surface area contributed by atoms with Crippen molar-refractivity contribution in [3.8, 4) is 11.3 Å². The average Bonchev–Trinajstić information content (AvgIpc) is 3.04. The number of fused-ring (bicyclic) bond motifs is 7. The highest BCUT2D eigenvalue weighted by Gasteiger charge is 2.30. The Morgan fingerprint density at radius 3 is 2.86 bits per heavy atom. The van der Waals surface area contributed by atoms with Crippen LogP contribution in [0.1, 0.15) is 0 Å². The molecule has 2 N–H and O–H groups in total. The molecular formula is C15H11N6+. The smallest absolute Gasteiger partial charge is 0.189 e. The lowest BCUT2D eigenvalue weighted by molar-refractivity contribution is -0.472. The Balaban J connectivity index is 1.97. The zero-order valence-corrected chi connectivity index (χ0v) is 11.3. The molecule has 4 aromatic rings. The van der Waals surface area contributed by atoms with Crippen molar-refractivity contribution in [3.63, 3.8) is 0 Å². The molecule has 1 aliphatic heterocycles. The minimum Gasteiger partial charge on any atom is -0.336 e. The first-order valence-electron chi connectivity index (χ1n) is 6.72. The molecule has 0 aromatic carbocycles. The van der Waals surface area contributed by atoms with Crippen LogP contribution >= 0.6 is 0 Å². The van der Waals surface area contributed by atoms with E-state index in [0.29, 0.717) is 0 Å². The number of nitrogens with two attached hydrogens (primary N) is 1. The van der Waals surface area contributed by atoms with E-state index in [1.807, 2.05) is 31.6 Å². The number of aromatic nitrogens is 5. The molecule has 0 atom stereocenters. The molecule has 6 nitrogen and oxygen atoms in total. The van der Waals surface area contributed by atoms with Gasteiger partial charge in [-0.05, 0) is 12.1 Å². The van der Waals surface area contributed by atoms with Crippen molar-refractivity contribution in [2.24, 2.45) is 7.05 Å². The van der Waals surface area contributed by atoms with E-state index < -0.39 is 0 Å². The summed E-state index contributed by atoms with van der Waals surface area (Å²) >= 11 is 0. The Bertz CT molecular complexity index is 1030. The molecule has 0 amide bonds. The Labute approximate surface area is 119 Å². The summed E-state index contributed by atoms with van der Waals surface area (Å²) in [6.07, 6.45) is 7.32. The molecule has 0 unspecified atom stereocenters. The third-order valence-corrected chi connectivity index (χ3v) is 4.14. The van der Waals surface area contributed by atoms with Crippen molar-refractivity contribution in [2.45, 2.75) is 0 Å². The maximum atomic E-state index is 4.46. The Hall–Kier alpha value is -2.86. The standard InChI is InChI=1S/C15H10N6/c1-21-11-7-17-5-3-9(11)13-15(21)14-12(19-20-13)8-2-4-16-6-10(8)18-14/h2-7,18H,1H3/p+1. The summed E-state index contributed by atoms with van der Waals surface area (Å²) in [4.78, 5) is 8.40. The third-order valence-electron chi connectivity index (χ3n) is 4.14. The van der Waals surface area contributed by atoms with Gasteiger partial charge in [-0.1, -0.05) is 0 Å². The highest BCUT2D eigenvalue weighted by atomic mass is 15.2. The Morgan fingerprint density at radius 1 is 1.05 bits per heavy atom. The fraction of sp³-hybridized carbons (Fsp3) is 0.0667. The molecule has 0 saturated heterocycles. The minimum absolute atomic E-state index is 0.922. The van der Waals surface area contributed by atoms with Crippen molar-refractivity contribution in [1.82, 2.24) is 24.7 Å². The van der Waals surface area contributed by atoms with Crippen LogP contribution in [0.5, 0.6) is 0 Å². The fourth-order valence-corrected chi connectivity index (χ4v) is 3.16. The number of quaternary nitrogens is 1. The molecule has 1 aliphatic rings. The molecule has 21 heavy (non-hydrogen) atoms. The molecule has 0 saturated carbocycles. The van der Waals surface area contributed by atoms with Gasteiger partial charge in [0.05, 0.1) is 23.5 Å². The zero-order chi connectivity index (χ0) is 14.0. The van der Waals surface area contributed by atoms with E-state index in [9.17, 15) is 0 Å². The van der Waals surface area contributed by atoms with Gasteiger partial charge in [0.15, 0.2) is 17.1 Å². The molecule has 0 fully saturated rings. The summed E-state index contributed by atoms with van der Waals surface area (Å²) < 4.78 is 2.14. The molecule has 6 heteroatoms. The molecule has 0 spiro atoms. The highest BCUT2D eigenvalue weighted by Crippen LogP contribution is 2.38. The number of pyridine rings is 2. The maximum Gasteiger partial charge on any atom is 0.189 e. The topological polar surface area (TPSA) is 73.1 Å². The van der Waals surface area contributed by atoms with Gasteiger partial charge in [-0.2, -0.15) is 0 Å². The van der Waals surface area contributed by atoms with Crippen LogP contribution in [-0.4, -0.2) is 24.7 Å². The van der Waals surface area contributed by atoms with Crippen molar-refractivity contribution in [1.29, 1.82) is 0 Å². The molecule has 0 radical (unpaired) electrons. The second-order valence-corrected chi connectivity index (χ2v) is 5.22. The van der Waals surface area contributed by atoms with E-state index in [0.717, 1.165) is 44.6 Å². The first-order valence-corrected chi connectivity index (χ1v) is 6.72. The van der Waals surface area contributed by atoms with Gasteiger partial charge in [0.2, 0.25) is 0 Å². The molecular weight excluding hydrogens is 264 g/mol. The summed E-state index contributed by atoms with van der Waals surface area (Å²) in [6, 6.07) is 3.98. The van der Waals surface area contributed by atoms with Crippen LogP contribution in [0.25, 0.3) is 33.2 Å². The lowest BCUT2D eigenvalue weighted by Crippen LogP contribution is -2.69. The second-order valence-electron chi connectivity index (χ2n) is 5.22. The fourth-order valence-electron chi connectivity index (χ4n) is 3.16. The van der Waals surface area contributed by atoms with Crippen LogP contribution in [-0.2, 0) is 7.05 Å². The Morgan fingerprint density at radius 2 is 1.90 bits per heavy atom. The van der Waals surface area contributed by atoms with Crippen molar-refractivity contribution in [3.05, 3.63) is 36.9 Å². The number of hydrogen-bond donors (Lipinski definition) is 1. The summed E-state index contributed by atoms with van der Waals surface area (Å²) in [5.41, 5.74) is 7.32. The van der Waals surface area contributed by atoms with Gasteiger partial charge in [0, 0.05) is 24.8 Å². The van der Waals surface area contributed by atoms with E-state index in [1.54, 1.807) is 12.4 Å². The van der Waals surface area contributed by atoms with Crippen LogP contribution in [0.4, 0.5) is 11.4 Å². The van der Waals surface area contributed by atoms with Crippen molar-refractivity contribution < 1.29 is 5.32 Å². The number of hydrogen-bond acceptors (Lipinski definition) is 4. The van der Waals surface area contributed by atoms with Crippen LogP contribution in [0.15, 0.2) is 36.9 Å². The van der Waals surface area contributed by atoms with E-state index >= 15 is 0 Å². The van der Waals surface area contributed by atoms with Crippen LogP contribution in [0.2, 0.25) is 0 Å². The predicted octanol–water partition coefficient (Wildman–Crippen LogP) is 1.42. The average molecular weight is 275 g/mol. The monoisotopic (exact) mass is 275 g/mol. The van der Waals surface area contributed by atoms with Gasteiger partial charge in [-0.25, -0.2) is 0 Å². The lowest BCUT2D eigenvalue weighted by atomic mass is 10.2. The first-order chi connectivity index (χ1) is 10.3. The molecule has 0 aliphatic carbocycles. The second kappa shape index (κ2) is 3.62. The molecule has 4 aromatic heterocycles. The molecule has 5 rings (SSSR count). The summed E-state index contributed by atoms with van der Waals surface area (Å²) in [6.45, 7) is 0. The molecule has 100 valence electrons. The molecule has 0 bridgehead atoms. The lowest BCUT2D eigenvalue weighted by Gasteiger charge is -1.99. The highest BCUT2D eigenvalue weighted by molar-refractivity contribution is 6.10. The largest absolute Gasteiger partial charge is 0.336 e. The van der Waals surface area contributed by atoms with Crippen LogP contribution in [0.3, 0.4) is 0 Å². The number of nitrogens with zero attached hydrogens (tertiary/aromatic N) is 5. The third kappa shape index (κ3) is 1.25. The summed E-state index contributed by atoms with van der Waals surface area (Å²) in [5.74, 6) is 0. The van der Waals surface area contributed by atoms with E-state index in [2.05, 4.69) is 30.0 Å². The van der Waals surface area contributed by atoms with Gasteiger partial charge in [0.25, 0.3) is 0 Å². The first kappa shape index (κ1) is 10.9. The number of aryl methyl sites for hydroxylation is 1. The van der Waals surface area contributed by atoms with Crippen LogP contribution < -0.4 is 5.32 Å². The van der Waals surface area contributed by atoms with E-state index in [1.165, 1.54) is 0 Å². The van der Waals surface area contributed by atoms with Gasteiger partial charge < -0.3 is 4.57 Å². The van der Waals surface area contributed by atoms with Gasteiger partial charge in [-0.15, -0.1) is 10.2 Å². The predicted molar refractivity (Wildman–Crippen MR) is 78.3 cm³/mol. The normalized spacial score (nSPS) is 12.8. The van der Waals surface area contributed by atoms with E-state index in [4.69, 9.17) is 0 Å². The van der Waals surface area contributed by atoms with Gasteiger partial charge in [0.1, 0.15) is 11.0 Å². The van der Waals surface area contributed by atoms with Gasteiger partial charge in [-0.3, -0.25) is 15.3 Å². The van der Waals surface area contributed by atoms with Crippen molar-refractivity contribution >= 4 is 33.3 Å². The van der Waals surface area contributed by atoms with E-state index in [-0.39, 0.29) is 0 Å². The summed E-state index contributed by atoms with van der Waals surface area (Å²) in [5, 5.41) is 12.1. The Kier molecular flexibility index (Phi) is 1.87.